The molecule has 0 radical (unpaired) electrons. The van der Waals surface area contributed by atoms with Crippen LogP contribution >= 0.6 is 0 Å². The van der Waals surface area contributed by atoms with Crippen molar-refractivity contribution in [3.8, 4) is 5.75 Å². The van der Waals surface area contributed by atoms with Gasteiger partial charge in [0.05, 0.1) is 26.4 Å². The maximum Gasteiger partial charge on any atom is 0.119 e. The van der Waals surface area contributed by atoms with Gasteiger partial charge in [0, 0.05) is 0 Å². The average molecular weight is 360 g/mol. The molecule has 4 heteroatoms. The third-order valence-corrected chi connectivity index (χ3v) is 3.27. The third kappa shape index (κ3) is 11.4. The number of alkyl halides is 1. The summed E-state index contributed by atoms with van der Waals surface area (Å²) >= 11 is 0. The zero-order valence-electron chi connectivity index (χ0n) is 15.7. The van der Waals surface area contributed by atoms with Gasteiger partial charge in [0.2, 0.25) is 0 Å². The molecule has 0 aliphatic rings. The molecule has 0 bridgehead atoms. The van der Waals surface area contributed by atoms with Crippen LogP contribution in [0.4, 0.5) is 4.39 Å². The SMILES string of the molecule is C\C=C/C(C)=C\C=C\C=C\c1ccc(OCCOCCOCCF)cc1. The minimum absolute atomic E-state index is 0.128. The Morgan fingerprint density at radius 3 is 2.31 bits per heavy atom. The Bertz CT molecular complexity index is 586. The molecule has 0 unspecified atom stereocenters. The fourth-order valence-electron chi connectivity index (χ4n) is 2.03. The predicted octanol–water partition coefficient (Wildman–Crippen LogP) is 5.16. The molecule has 0 atom stereocenters. The molecule has 0 N–H and O–H groups in total. The molecular formula is C22H29FO3. The highest BCUT2D eigenvalue weighted by molar-refractivity contribution is 5.52. The van der Waals surface area contributed by atoms with Gasteiger partial charge in [0.1, 0.15) is 19.0 Å². The van der Waals surface area contributed by atoms with Crippen LogP contribution in [0.2, 0.25) is 0 Å². The van der Waals surface area contributed by atoms with E-state index < -0.39 is 6.67 Å². The first-order valence-electron chi connectivity index (χ1n) is 8.85. The van der Waals surface area contributed by atoms with Gasteiger partial charge in [-0.25, -0.2) is 4.39 Å². The number of allylic oxidation sites excluding steroid dienone is 7. The van der Waals surface area contributed by atoms with E-state index in [1.807, 2.05) is 61.6 Å². The van der Waals surface area contributed by atoms with Gasteiger partial charge in [-0.1, -0.05) is 60.2 Å². The maximum absolute atomic E-state index is 11.8. The van der Waals surface area contributed by atoms with Crippen LogP contribution in [-0.2, 0) is 9.47 Å². The number of halogens is 1. The Hall–Kier alpha value is -2.17. The van der Waals surface area contributed by atoms with Crippen LogP contribution in [0.1, 0.15) is 19.4 Å². The fourth-order valence-corrected chi connectivity index (χ4v) is 2.03. The van der Waals surface area contributed by atoms with Crippen LogP contribution in [0.25, 0.3) is 6.08 Å². The van der Waals surface area contributed by atoms with E-state index >= 15 is 0 Å². The molecule has 1 rings (SSSR count). The molecule has 26 heavy (non-hydrogen) atoms. The smallest absolute Gasteiger partial charge is 0.119 e. The molecule has 0 aliphatic heterocycles. The largest absolute Gasteiger partial charge is 0.491 e. The van der Waals surface area contributed by atoms with Gasteiger partial charge in [-0.15, -0.1) is 0 Å². The van der Waals surface area contributed by atoms with Crippen molar-refractivity contribution in [2.24, 2.45) is 0 Å². The Morgan fingerprint density at radius 2 is 1.62 bits per heavy atom. The number of hydrogen-bond donors (Lipinski definition) is 0. The summed E-state index contributed by atoms with van der Waals surface area (Å²) < 4.78 is 27.7. The van der Waals surface area contributed by atoms with Gasteiger partial charge in [0.15, 0.2) is 0 Å². The summed E-state index contributed by atoms with van der Waals surface area (Å²) in [5.74, 6) is 0.805. The summed E-state index contributed by atoms with van der Waals surface area (Å²) in [6.07, 6.45) is 14.2. The summed E-state index contributed by atoms with van der Waals surface area (Å²) in [4.78, 5) is 0. The molecule has 1 aromatic carbocycles. The summed E-state index contributed by atoms with van der Waals surface area (Å²) in [5, 5.41) is 0. The van der Waals surface area contributed by atoms with E-state index in [4.69, 9.17) is 14.2 Å². The predicted molar refractivity (Wildman–Crippen MR) is 106 cm³/mol. The molecule has 0 saturated carbocycles. The van der Waals surface area contributed by atoms with Crippen LogP contribution in [0.3, 0.4) is 0 Å². The van der Waals surface area contributed by atoms with Crippen LogP contribution in [-0.4, -0.2) is 39.7 Å². The molecule has 0 spiro atoms. The number of hydrogen-bond acceptors (Lipinski definition) is 3. The van der Waals surface area contributed by atoms with E-state index in [0.717, 1.165) is 11.3 Å². The first-order valence-corrected chi connectivity index (χ1v) is 8.85. The van der Waals surface area contributed by atoms with E-state index in [0.29, 0.717) is 26.4 Å². The minimum atomic E-state index is -0.460. The second-order valence-electron chi connectivity index (χ2n) is 5.49. The van der Waals surface area contributed by atoms with Crippen LogP contribution in [0.5, 0.6) is 5.75 Å². The molecule has 0 fully saturated rings. The minimum Gasteiger partial charge on any atom is -0.491 e. The summed E-state index contributed by atoms with van der Waals surface area (Å²) in [5.41, 5.74) is 2.33. The number of rotatable bonds is 13. The Morgan fingerprint density at radius 1 is 0.923 bits per heavy atom. The maximum atomic E-state index is 11.8. The lowest BCUT2D eigenvalue weighted by atomic mass is 10.2. The lowest BCUT2D eigenvalue weighted by Crippen LogP contribution is -2.11. The van der Waals surface area contributed by atoms with E-state index in [2.05, 4.69) is 19.1 Å². The second-order valence-corrected chi connectivity index (χ2v) is 5.49. The van der Waals surface area contributed by atoms with Gasteiger partial charge in [0.25, 0.3) is 0 Å². The highest BCUT2D eigenvalue weighted by Gasteiger charge is 1.94. The Kier molecular flexibility index (Phi) is 12.7. The standard InChI is InChI=1S/C22H29FO3/c1-3-7-20(2)8-5-4-6-9-21-10-12-22(13-11-21)26-19-18-25-17-16-24-15-14-23/h3-13H,14-19H2,1-2H3/b5-4+,7-3-,9-6+,20-8-. The highest BCUT2D eigenvalue weighted by Crippen LogP contribution is 2.13. The molecular weight excluding hydrogens is 331 g/mol. The number of benzene rings is 1. The van der Waals surface area contributed by atoms with Crippen molar-refractivity contribution in [2.75, 3.05) is 39.7 Å². The summed E-state index contributed by atoms with van der Waals surface area (Å²) in [7, 11) is 0. The van der Waals surface area contributed by atoms with E-state index in [-0.39, 0.29) is 6.61 Å². The van der Waals surface area contributed by atoms with Gasteiger partial charge < -0.3 is 14.2 Å². The third-order valence-electron chi connectivity index (χ3n) is 3.27. The normalized spacial score (nSPS) is 12.7. The molecule has 0 saturated heterocycles. The molecule has 0 amide bonds. The monoisotopic (exact) mass is 360 g/mol. The first-order chi connectivity index (χ1) is 12.8. The fraction of sp³-hybridized carbons (Fsp3) is 0.364. The molecule has 0 aromatic heterocycles. The van der Waals surface area contributed by atoms with E-state index in [1.54, 1.807) is 0 Å². The van der Waals surface area contributed by atoms with Crippen LogP contribution < -0.4 is 4.74 Å². The first kappa shape index (κ1) is 21.9. The lowest BCUT2D eigenvalue weighted by Gasteiger charge is -2.07. The van der Waals surface area contributed by atoms with Gasteiger partial charge >= 0.3 is 0 Å². The van der Waals surface area contributed by atoms with E-state index in [9.17, 15) is 4.39 Å². The van der Waals surface area contributed by atoms with E-state index in [1.165, 1.54) is 5.57 Å². The summed E-state index contributed by atoms with van der Waals surface area (Å²) in [6, 6.07) is 7.88. The van der Waals surface area contributed by atoms with Gasteiger partial charge in [-0.2, -0.15) is 0 Å². The quantitative estimate of drug-likeness (QED) is 0.359. The van der Waals surface area contributed by atoms with Crippen molar-refractivity contribution in [3.05, 3.63) is 71.9 Å². The van der Waals surface area contributed by atoms with Crippen molar-refractivity contribution in [2.45, 2.75) is 13.8 Å². The topological polar surface area (TPSA) is 27.7 Å². The van der Waals surface area contributed by atoms with Crippen LogP contribution in [0.15, 0.2) is 66.3 Å². The Balaban J connectivity index is 2.23. The molecule has 0 aliphatic carbocycles. The summed E-state index contributed by atoms with van der Waals surface area (Å²) in [6.45, 7) is 5.55. The second kappa shape index (κ2) is 15.1. The highest BCUT2D eigenvalue weighted by atomic mass is 19.1. The lowest BCUT2D eigenvalue weighted by molar-refractivity contribution is 0.0325. The van der Waals surface area contributed by atoms with Crippen molar-refractivity contribution in [1.82, 2.24) is 0 Å². The van der Waals surface area contributed by atoms with Crippen molar-refractivity contribution >= 4 is 6.08 Å². The van der Waals surface area contributed by atoms with Crippen LogP contribution in [0, 0.1) is 0 Å². The van der Waals surface area contributed by atoms with Crippen molar-refractivity contribution < 1.29 is 18.6 Å². The molecule has 3 nitrogen and oxygen atoms in total. The molecule has 0 heterocycles. The zero-order chi connectivity index (χ0) is 18.9. The van der Waals surface area contributed by atoms with Gasteiger partial charge in [-0.05, 0) is 31.5 Å². The Labute approximate surface area is 156 Å². The van der Waals surface area contributed by atoms with Crippen molar-refractivity contribution in [3.63, 3.8) is 0 Å². The zero-order valence-corrected chi connectivity index (χ0v) is 15.7. The average Bonchev–Trinajstić information content (AvgIpc) is 2.65. The molecule has 142 valence electrons. The van der Waals surface area contributed by atoms with Crippen molar-refractivity contribution in [1.29, 1.82) is 0 Å². The number of ether oxygens (including phenoxy) is 3. The molecule has 1 aromatic rings. The van der Waals surface area contributed by atoms with Gasteiger partial charge in [-0.3, -0.25) is 0 Å².